The molecule has 154 valence electrons. The summed E-state index contributed by atoms with van der Waals surface area (Å²) in [6, 6.07) is 17.2. The average Bonchev–Trinajstić information content (AvgIpc) is 3.15. The van der Waals surface area contributed by atoms with Crippen molar-refractivity contribution in [3.63, 3.8) is 0 Å². The number of rotatable bonds is 4. The van der Waals surface area contributed by atoms with Gasteiger partial charge in [0.25, 0.3) is 5.91 Å². The Hall–Kier alpha value is -2.37. The van der Waals surface area contributed by atoms with Gasteiger partial charge >= 0.3 is 0 Å². The predicted molar refractivity (Wildman–Crippen MR) is 132 cm³/mol. The fourth-order valence-electron chi connectivity index (χ4n) is 4.27. The van der Waals surface area contributed by atoms with Crippen LogP contribution in [0.4, 0.5) is 5.69 Å². The number of amides is 1. The molecular weight excluding hydrogens is 408 g/mol. The minimum atomic E-state index is -0.162. The smallest absolute Gasteiger partial charge is 0.266 e. The van der Waals surface area contributed by atoms with Crippen LogP contribution < -0.4 is 4.90 Å². The highest BCUT2D eigenvalue weighted by Crippen LogP contribution is 2.49. The van der Waals surface area contributed by atoms with E-state index in [0.29, 0.717) is 15.8 Å². The second-order valence-electron chi connectivity index (χ2n) is 7.97. The number of carbonyl (C=O) groups excluding carboxylic acids is 1. The normalized spacial score (nSPS) is 20.5. The third kappa shape index (κ3) is 3.40. The number of thiocarbonyl (C=S) groups is 1. The fourth-order valence-corrected chi connectivity index (χ4v) is 5.59. The van der Waals surface area contributed by atoms with E-state index in [4.69, 9.17) is 12.2 Å². The number of likely N-dealkylation sites (N-methyl/N-ethyl adjacent to an activating group) is 2. The van der Waals surface area contributed by atoms with Crippen molar-refractivity contribution in [1.82, 2.24) is 4.90 Å². The van der Waals surface area contributed by atoms with Gasteiger partial charge in [-0.25, -0.2) is 0 Å². The van der Waals surface area contributed by atoms with Crippen molar-refractivity contribution in [3.8, 4) is 11.1 Å². The van der Waals surface area contributed by atoms with Gasteiger partial charge < -0.3 is 4.90 Å². The predicted octanol–water partition coefficient (Wildman–Crippen LogP) is 6.12. The highest BCUT2D eigenvalue weighted by Gasteiger charge is 2.39. The molecular formula is C25H26N2OS2. The number of nitrogens with zero attached hydrogens (tertiary/aromatic N) is 2. The maximum atomic E-state index is 12.6. The fraction of sp³-hybridized carbons (Fsp3) is 0.280. The molecule has 4 rings (SSSR count). The highest BCUT2D eigenvalue weighted by molar-refractivity contribution is 8.26. The van der Waals surface area contributed by atoms with E-state index in [1.54, 1.807) is 4.90 Å². The van der Waals surface area contributed by atoms with Crippen molar-refractivity contribution in [2.45, 2.75) is 33.1 Å². The molecule has 30 heavy (non-hydrogen) atoms. The number of fused-ring (bicyclic) bond motifs is 1. The molecule has 2 heterocycles. The van der Waals surface area contributed by atoms with Crippen molar-refractivity contribution < 1.29 is 4.79 Å². The van der Waals surface area contributed by atoms with E-state index < -0.39 is 0 Å². The van der Waals surface area contributed by atoms with Crippen LogP contribution in [0.15, 0.2) is 71.3 Å². The molecule has 0 aliphatic carbocycles. The third-order valence-corrected chi connectivity index (χ3v) is 7.29. The van der Waals surface area contributed by atoms with Crippen LogP contribution >= 0.6 is 24.0 Å². The first kappa shape index (κ1) is 20.9. The van der Waals surface area contributed by atoms with Crippen LogP contribution in [0.1, 0.15) is 33.3 Å². The van der Waals surface area contributed by atoms with Crippen LogP contribution in [0, 0.1) is 0 Å². The molecule has 5 heteroatoms. The molecule has 0 saturated carbocycles. The molecule has 0 spiro atoms. The summed E-state index contributed by atoms with van der Waals surface area (Å²) in [5, 5.41) is 0. The van der Waals surface area contributed by atoms with E-state index in [9.17, 15) is 4.79 Å². The summed E-state index contributed by atoms with van der Waals surface area (Å²) in [5.74, 6) is 0.00656. The second kappa shape index (κ2) is 8.05. The molecule has 1 amide bonds. The highest BCUT2D eigenvalue weighted by atomic mass is 32.2. The molecule has 2 aromatic rings. The lowest BCUT2D eigenvalue weighted by Gasteiger charge is -2.25. The Morgan fingerprint density at radius 3 is 2.30 bits per heavy atom. The Kier molecular flexibility index (Phi) is 5.60. The Morgan fingerprint density at radius 1 is 0.967 bits per heavy atom. The minimum Gasteiger partial charge on any atom is -0.344 e. The van der Waals surface area contributed by atoms with E-state index in [2.05, 4.69) is 74.2 Å². The van der Waals surface area contributed by atoms with Crippen LogP contribution in [0.3, 0.4) is 0 Å². The van der Waals surface area contributed by atoms with Gasteiger partial charge in [-0.05, 0) is 54.8 Å². The SMILES string of the molecule is CCN1C(=O)/C(=C\C=C2/N(CC)c3ccc(-c4ccccc4)cc3C2(C)C)SC1=S. The maximum Gasteiger partial charge on any atom is 0.266 e. The lowest BCUT2D eigenvalue weighted by atomic mass is 9.82. The lowest BCUT2D eigenvalue weighted by molar-refractivity contribution is -0.122. The first-order valence-electron chi connectivity index (χ1n) is 10.3. The molecule has 0 unspecified atom stereocenters. The van der Waals surface area contributed by atoms with Gasteiger partial charge in [0.2, 0.25) is 0 Å². The van der Waals surface area contributed by atoms with E-state index in [1.165, 1.54) is 39.8 Å². The van der Waals surface area contributed by atoms with Gasteiger partial charge in [-0.2, -0.15) is 0 Å². The van der Waals surface area contributed by atoms with Gasteiger partial charge in [0.05, 0.1) is 4.91 Å². The zero-order chi connectivity index (χ0) is 21.5. The quantitative estimate of drug-likeness (QED) is 0.427. The van der Waals surface area contributed by atoms with E-state index in [1.807, 2.05) is 19.1 Å². The van der Waals surface area contributed by atoms with Gasteiger partial charge in [-0.15, -0.1) is 0 Å². The molecule has 0 aromatic heterocycles. The number of hydrogen-bond donors (Lipinski definition) is 0. The third-order valence-electron chi connectivity index (χ3n) is 5.90. The number of carbonyl (C=O) groups is 1. The van der Waals surface area contributed by atoms with Crippen molar-refractivity contribution >= 4 is 39.9 Å². The van der Waals surface area contributed by atoms with E-state index in [0.717, 1.165) is 6.54 Å². The summed E-state index contributed by atoms with van der Waals surface area (Å²) in [5.41, 5.74) is 6.04. The van der Waals surface area contributed by atoms with Gasteiger partial charge in [-0.1, -0.05) is 74.2 Å². The molecule has 1 saturated heterocycles. The topological polar surface area (TPSA) is 23.6 Å². The number of benzene rings is 2. The van der Waals surface area contributed by atoms with E-state index in [-0.39, 0.29) is 11.3 Å². The van der Waals surface area contributed by atoms with Crippen LogP contribution in [0.5, 0.6) is 0 Å². The van der Waals surface area contributed by atoms with Crippen molar-refractivity contribution in [3.05, 3.63) is 76.8 Å². The van der Waals surface area contributed by atoms with Gasteiger partial charge in [-0.3, -0.25) is 9.69 Å². The molecule has 0 N–H and O–H groups in total. The summed E-state index contributed by atoms with van der Waals surface area (Å²) in [6.07, 6.45) is 4.05. The first-order chi connectivity index (χ1) is 14.4. The van der Waals surface area contributed by atoms with Gasteiger partial charge in [0.1, 0.15) is 4.32 Å². The molecule has 0 bridgehead atoms. The molecule has 3 nitrogen and oxygen atoms in total. The van der Waals surface area contributed by atoms with Gasteiger partial charge in [0.15, 0.2) is 0 Å². The van der Waals surface area contributed by atoms with Crippen molar-refractivity contribution in [2.24, 2.45) is 0 Å². The number of hydrogen-bond acceptors (Lipinski definition) is 4. The minimum absolute atomic E-state index is 0.00656. The number of thioether (sulfide) groups is 1. The van der Waals surface area contributed by atoms with Crippen LogP contribution in [-0.2, 0) is 10.2 Å². The van der Waals surface area contributed by atoms with E-state index >= 15 is 0 Å². The Labute approximate surface area is 188 Å². The van der Waals surface area contributed by atoms with Crippen LogP contribution in [0.2, 0.25) is 0 Å². The Bertz CT molecular complexity index is 1070. The van der Waals surface area contributed by atoms with Crippen LogP contribution in [-0.4, -0.2) is 28.2 Å². The van der Waals surface area contributed by atoms with Crippen molar-refractivity contribution in [2.75, 3.05) is 18.0 Å². The Balaban J connectivity index is 1.75. The zero-order valence-corrected chi connectivity index (χ0v) is 19.4. The summed E-state index contributed by atoms with van der Waals surface area (Å²) in [6.45, 7) is 10.1. The Morgan fingerprint density at radius 2 is 1.67 bits per heavy atom. The van der Waals surface area contributed by atoms with Crippen molar-refractivity contribution in [1.29, 1.82) is 0 Å². The molecule has 1 fully saturated rings. The molecule has 2 aliphatic rings. The first-order valence-corrected chi connectivity index (χ1v) is 11.5. The molecule has 2 aromatic carbocycles. The monoisotopic (exact) mass is 434 g/mol. The largest absolute Gasteiger partial charge is 0.344 e. The number of allylic oxidation sites excluding steroid dienone is 3. The van der Waals surface area contributed by atoms with Gasteiger partial charge in [0, 0.05) is 29.9 Å². The summed E-state index contributed by atoms with van der Waals surface area (Å²) in [7, 11) is 0. The molecule has 0 atom stereocenters. The average molecular weight is 435 g/mol. The van der Waals surface area contributed by atoms with Crippen LogP contribution in [0.25, 0.3) is 11.1 Å². The standard InChI is InChI=1S/C25H26N2OS2/c1-5-26-20-13-12-18(17-10-8-7-9-11-17)16-19(20)25(3,4)22(26)15-14-21-23(28)27(6-2)24(29)30-21/h7-16H,5-6H2,1-4H3/b21-14+,22-15-. The molecule has 2 aliphatic heterocycles. The second-order valence-corrected chi connectivity index (χ2v) is 9.64. The summed E-state index contributed by atoms with van der Waals surface area (Å²) in [4.78, 5) is 17.3. The summed E-state index contributed by atoms with van der Waals surface area (Å²) < 4.78 is 0.640. The lowest BCUT2D eigenvalue weighted by Crippen LogP contribution is -2.27. The summed E-state index contributed by atoms with van der Waals surface area (Å²) >= 11 is 6.74. The zero-order valence-electron chi connectivity index (χ0n) is 17.8. The number of anilines is 1. The maximum absolute atomic E-state index is 12.6. The molecule has 0 radical (unpaired) electrons.